The Balaban J connectivity index is 2.11. The second kappa shape index (κ2) is 7.17. The molecule has 0 aromatic carbocycles. The fraction of sp³-hybridized carbons (Fsp3) is 0.562. The van der Waals surface area contributed by atoms with Crippen molar-refractivity contribution >= 4 is 5.97 Å². The minimum atomic E-state index is -0.462. The van der Waals surface area contributed by atoms with Crippen LogP contribution in [0.25, 0.3) is 0 Å². The van der Waals surface area contributed by atoms with Gasteiger partial charge < -0.3 is 14.2 Å². The van der Waals surface area contributed by atoms with Gasteiger partial charge in [0.25, 0.3) is 0 Å². The molecule has 0 amide bonds. The zero-order chi connectivity index (χ0) is 14.4. The van der Waals surface area contributed by atoms with E-state index in [2.05, 4.69) is 6.08 Å². The Hall–Kier alpha value is -1.71. The highest BCUT2D eigenvalue weighted by Gasteiger charge is 2.22. The van der Waals surface area contributed by atoms with Gasteiger partial charge in [-0.1, -0.05) is 0 Å². The topological polar surface area (TPSA) is 44.8 Å². The zero-order valence-electron chi connectivity index (χ0n) is 12.2. The maximum Gasteiger partial charge on any atom is 0.377 e. The van der Waals surface area contributed by atoms with Gasteiger partial charge in [-0.3, -0.25) is 0 Å². The van der Waals surface area contributed by atoms with E-state index >= 15 is 0 Å². The summed E-state index contributed by atoms with van der Waals surface area (Å²) in [4.78, 5) is 12.0. The Labute approximate surface area is 120 Å². The molecule has 0 saturated heterocycles. The summed E-state index contributed by atoms with van der Waals surface area (Å²) in [6, 6.07) is 0. The lowest BCUT2D eigenvalue weighted by molar-refractivity contribution is -0.142. The lowest BCUT2D eigenvalue weighted by Gasteiger charge is -2.14. The lowest BCUT2D eigenvalue weighted by Crippen LogP contribution is -2.13. The van der Waals surface area contributed by atoms with E-state index in [-0.39, 0.29) is 5.76 Å². The van der Waals surface area contributed by atoms with Crippen LogP contribution in [0.15, 0.2) is 35.2 Å². The number of ether oxygens (including phenoxy) is 3. The second-order valence-corrected chi connectivity index (χ2v) is 4.94. The maximum atomic E-state index is 12.0. The number of carbonyl (C=O) groups excluding carboxylic acids is 1. The minimum Gasteiger partial charge on any atom is -0.463 e. The van der Waals surface area contributed by atoms with Crippen LogP contribution < -0.4 is 0 Å². The van der Waals surface area contributed by atoms with Crippen LogP contribution in [0.2, 0.25) is 0 Å². The summed E-state index contributed by atoms with van der Waals surface area (Å²) in [7, 11) is 0. The van der Waals surface area contributed by atoms with E-state index in [1.807, 2.05) is 6.08 Å². The number of hydrogen-bond acceptors (Lipinski definition) is 4. The Kier molecular flexibility index (Phi) is 5.27. The lowest BCUT2D eigenvalue weighted by atomic mass is 10.3. The summed E-state index contributed by atoms with van der Waals surface area (Å²) in [5, 5.41) is 0. The molecule has 4 nitrogen and oxygen atoms in total. The molecule has 2 aliphatic rings. The van der Waals surface area contributed by atoms with Gasteiger partial charge in [0.1, 0.15) is 5.76 Å². The molecule has 0 N–H and O–H groups in total. The van der Waals surface area contributed by atoms with Gasteiger partial charge >= 0.3 is 5.97 Å². The number of carbonyl (C=O) groups is 1. The van der Waals surface area contributed by atoms with Crippen molar-refractivity contribution in [2.75, 3.05) is 6.61 Å². The summed E-state index contributed by atoms with van der Waals surface area (Å²) < 4.78 is 16.5. The van der Waals surface area contributed by atoms with Gasteiger partial charge in [-0.05, 0) is 51.7 Å². The van der Waals surface area contributed by atoms with Gasteiger partial charge in [0.15, 0.2) is 5.76 Å². The Morgan fingerprint density at radius 2 is 1.70 bits per heavy atom. The Morgan fingerprint density at radius 3 is 2.20 bits per heavy atom. The van der Waals surface area contributed by atoms with Crippen LogP contribution in [0.5, 0.6) is 0 Å². The molecule has 2 rings (SSSR count). The maximum absolute atomic E-state index is 12.0. The smallest absolute Gasteiger partial charge is 0.377 e. The molecule has 20 heavy (non-hydrogen) atoms. The van der Waals surface area contributed by atoms with Crippen LogP contribution >= 0.6 is 0 Å². The molecule has 0 radical (unpaired) electrons. The van der Waals surface area contributed by atoms with E-state index in [0.29, 0.717) is 12.4 Å². The van der Waals surface area contributed by atoms with Crippen molar-refractivity contribution in [3.8, 4) is 0 Å². The number of esters is 1. The van der Waals surface area contributed by atoms with Gasteiger partial charge in [-0.25, -0.2) is 4.79 Å². The van der Waals surface area contributed by atoms with Crippen LogP contribution in [0.1, 0.15) is 52.4 Å². The summed E-state index contributed by atoms with van der Waals surface area (Å²) in [5.41, 5.74) is 0. The summed E-state index contributed by atoms with van der Waals surface area (Å²) in [6.45, 7) is 3.85. The summed E-state index contributed by atoms with van der Waals surface area (Å²) >= 11 is 0. The normalized spacial score (nSPS) is 19.1. The molecule has 0 saturated carbocycles. The third kappa shape index (κ3) is 3.89. The molecule has 0 bridgehead atoms. The molecule has 0 heterocycles. The standard InChI is InChI=1S/C16H22O4/c1-3-18-16(17)15(20-14-10-6-7-11-14)12(2)19-13-8-4-5-9-13/h8,10H,3-7,9,11H2,1-2H3/b15-12+. The first-order valence-corrected chi connectivity index (χ1v) is 7.32. The van der Waals surface area contributed by atoms with Gasteiger partial charge in [0, 0.05) is 12.8 Å². The monoisotopic (exact) mass is 278 g/mol. The van der Waals surface area contributed by atoms with E-state index in [0.717, 1.165) is 50.0 Å². The highest BCUT2D eigenvalue weighted by atomic mass is 16.6. The average molecular weight is 278 g/mol. The molecular formula is C16H22O4. The largest absolute Gasteiger partial charge is 0.463 e. The van der Waals surface area contributed by atoms with E-state index in [1.54, 1.807) is 13.8 Å². The summed E-state index contributed by atoms with van der Waals surface area (Å²) in [5.74, 6) is 1.93. The predicted octanol–water partition coefficient (Wildman–Crippen LogP) is 3.95. The van der Waals surface area contributed by atoms with Crippen LogP contribution in [0, 0.1) is 0 Å². The Morgan fingerprint density at radius 1 is 1.10 bits per heavy atom. The molecule has 0 spiro atoms. The van der Waals surface area contributed by atoms with Crippen molar-refractivity contribution in [1.82, 2.24) is 0 Å². The van der Waals surface area contributed by atoms with Crippen molar-refractivity contribution in [1.29, 1.82) is 0 Å². The third-order valence-corrected chi connectivity index (χ3v) is 3.30. The van der Waals surface area contributed by atoms with E-state index in [9.17, 15) is 4.79 Å². The number of rotatable bonds is 6. The molecule has 0 fully saturated rings. The van der Waals surface area contributed by atoms with Crippen molar-refractivity contribution < 1.29 is 19.0 Å². The average Bonchev–Trinajstić information content (AvgIpc) is 3.08. The first-order valence-electron chi connectivity index (χ1n) is 7.32. The van der Waals surface area contributed by atoms with Crippen LogP contribution in [0.4, 0.5) is 0 Å². The fourth-order valence-electron chi connectivity index (χ4n) is 2.30. The molecule has 0 aliphatic heterocycles. The molecule has 4 heteroatoms. The minimum absolute atomic E-state index is 0.174. The molecule has 2 aliphatic carbocycles. The molecule has 0 unspecified atom stereocenters. The van der Waals surface area contributed by atoms with Crippen molar-refractivity contribution in [3.05, 3.63) is 35.2 Å². The van der Waals surface area contributed by atoms with E-state index in [1.165, 1.54) is 0 Å². The second-order valence-electron chi connectivity index (χ2n) is 4.94. The van der Waals surface area contributed by atoms with Gasteiger partial charge in [0.2, 0.25) is 5.76 Å². The van der Waals surface area contributed by atoms with E-state index in [4.69, 9.17) is 14.2 Å². The number of allylic oxidation sites excluding steroid dienone is 5. The van der Waals surface area contributed by atoms with Gasteiger partial charge in [0.05, 0.1) is 12.4 Å². The SMILES string of the molecule is CCOC(=O)/C(OC1=CCCC1)=C(/C)OC1=CCCC1. The van der Waals surface area contributed by atoms with Gasteiger partial charge in [-0.2, -0.15) is 0 Å². The zero-order valence-corrected chi connectivity index (χ0v) is 12.2. The first kappa shape index (κ1) is 14.7. The van der Waals surface area contributed by atoms with Crippen molar-refractivity contribution in [3.63, 3.8) is 0 Å². The molecule has 0 aromatic heterocycles. The van der Waals surface area contributed by atoms with Crippen LogP contribution in [-0.2, 0) is 19.0 Å². The first-order chi connectivity index (χ1) is 9.70. The quantitative estimate of drug-likeness (QED) is 0.419. The molecular weight excluding hydrogens is 256 g/mol. The number of hydrogen-bond donors (Lipinski definition) is 0. The molecule has 0 atom stereocenters. The van der Waals surface area contributed by atoms with E-state index < -0.39 is 5.97 Å². The Bertz CT molecular complexity index is 457. The fourth-order valence-corrected chi connectivity index (χ4v) is 2.30. The van der Waals surface area contributed by atoms with Crippen LogP contribution in [-0.4, -0.2) is 12.6 Å². The molecule has 110 valence electrons. The summed E-state index contributed by atoms with van der Waals surface area (Å²) in [6.07, 6.45) is 10.0. The predicted molar refractivity (Wildman–Crippen MR) is 75.4 cm³/mol. The molecule has 0 aromatic rings. The highest BCUT2D eigenvalue weighted by molar-refractivity contribution is 5.87. The highest BCUT2D eigenvalue weighted by Crippen LogP contribution is 2.26. The van der Waals surface area contributed by atoms with Gasteiger partial charge in [-0.15, -0.1) is 0 Å². The van der Waals surface area contributed by atoms with Crippen molar-refractivity contribution in [2.24, 2.45) is 0 Å². The third-order valence-electron chi connectivity index (χ3n) is 3.30. The van der Waals surface area contributed by atoms with Crippen molar-refractivity contribution in [2.45, 2.75) is 52.4 Å². The van der Waals surface area contributed by atoms with Crippen LogP contribution in [0.3, 0.4) is 0 Å².